The Hall–Kier alpha value is -2.42. The molecular formula is C38H54N2. The van der Waals surface area contributed by atoms with Crippen molar-refractivity contribution in [3.63, 3.8) is 0 Å². The highest BCUT2D eigenvalue weighted by Crippen LogP contribution is 2.43. The topological polar surface area (TPSA) is 15.3 Å². The van der Waals surface area contributed by atoms with Crippen LogP contribution in [0.15, 0.2) is 91.0 Å². The molecule has 1 N–H and O–H groups in total. The minimum Gasteiger partial charge on any atom is -0.311 e. The first-order valence-electron chi connectivity index (χ1n) is 16.5. The van der Waals surface area contributed by atoms with E-state index in [0.29, 0.717) is 6.04 Å². The number of hydrogen-bond acceptors (Lipinski definition) is 2. The summed E-state index contributed by atoms with van der Waals surface area (Å²) >= 11 is 0. The molecule has 0 amide bonds. The second kappa shape index (κ2) is 17.4. The molecule has 1 aliphatic heterocycles. The normalized spacial score (nSPS) is 16.3. The minimum atomic E-state index is -0.292. The van der Waals surface area contributed by atoms with Gasteiger partial charge in [-0.3, -0.25) is 4.90 Å². The highest BCUT2D eigenvalue weighted by molar-refractivity contribution is 5.49. The lowest BCUT2D eigenvalue weighted by atomic mass is 9.75. The number of nitrogens with zero attached hydrogens (tertiary/aromatic N) is 1. The minimum absolute atomic E-state index is 0.292. The van der Waals surface area contributed by atoms with E-state index in [1.54, 1.807) is 0 Å². The zero-order valence-electron chi connectivity index (χ0n) is 25.2. The first-order chi connectivity index (χ1) is 19.9. The smallest absolute Gasteiger partial charge is 0.0973 e. The van der Waals surface area contributed by atoms with Crippen LogP contribution >= 0.6 is 0 Å². The van der Waals surface area contributed by atoms with Gasteiger partial charge in [0.05, 0.1) is 5.54 Å². The van der Waals surface area contributed by atoms with Crippen molar-refractivity contribution in [1.82, 2.24) is 10.2 Å². The van der Waals surface area contributed by atoms with Gasteiger partial charge in [-0.2, -0.15) is 0 Å². The molecule has 1 atom stereocenters. The number of nitrogens with one attached hydrogen (secondary N) is 1. The molecule has 0 saturated carbocycles. The standard InChI is InChI=1S/C38H54N2/c1-2-3-4-5-6-7-8-9-10-11-12-13-23-30-37-33-40(32-31-39-37)38(34-24-17-14-18-25-34,35-26-19-15-20-27-35)36-28-21-16-22-29-36/h14-22,24-29,37,39H,2-13,23,30-33H2,1H3. The maximum atomic E-state index is 3.88. The lowest BCUT2D eigenvalue weighted by Gasteiger charge is -2.49. The Balaban J connectivity index is 1.32. The fourth-order valence-corrected chi connectivity index (χ4v) is 6.82. The Morgan fingerprint density at radius 2 is 0.975 bits per heavy atom. The fraction of sp³-hybridized carbons (Fsp3) is 0.526. The molecule has 1 saturated heterocycles. The first kappa shape index (κ1) is 30.5. The van der Waals surface area contributed by atoms with Crippen LogP contribution in [0.25, 0.3) is 0 Å². The molecule has 0 aromatic heterocycles. The average Bonchev–Trinajstić information content (AvgIpc) is 3.02. The van der Waals surface area contributed by atoms with Gasteiger partial charge < -0.3 is 5.32 Å². The van der Waals surface area contributed by atoms with Crippen LogP contribution in [-0.2, 0) is 5.54 Å². The van der Waals surface area contributed by atoms with Gasteiger partial charge in [-0.1, -0.05) is 181 Å². The summed E-state index contributed by atoms with van der Waals surface area (Å²) in [5, 5.41) is 3.88. The largest absolute Gasteiger partial charge is 0.311 e. The van der Waals surface area contributed by atoms with Gasteiger partial charge in [-0.25, -0.2) is 0 Å². The first-order valence-corrected chi connectivity index (χ1v) is 16.5. The highest BCUT2D eigenvalue weighted by Gasteiger charge is 2.43. The Morgan fingerprint density at radius 1 is 0.575 bits per heavy atom. The summed E-state index contributed by atoms with van der Waals surface area (Å²) in [7, 11) is 0. The molecule has 1 heterocycles. The van der Waals surface area contributed by atoms with Gasteiger partial charge in [0.25, 0.3) is 0 Å². The van der Waals surface area contributed by atoms with Crippen molar-refractivity contribution in [2.75, 3.05) is 19.6 Å². The number of benzene rings is 3. The summed E-state index contributed by atoms with van der Waals surface area (Å²) < 4.78 is 0. The van der Waals surface area contributed by atoms with Crippen LogP contribution < -0.4 is 5.32 Å². The SMILES string of the molecule is CCCCCCCCCCCCCCCC1CN(C(c2ccccc2)(c2ccccc2)c2ccccc2)CCN1. The zero-order valence-corrected chi connectivity index (χ0v) is 25.2. The number of unbranched alkanes of at least 4 members (excludes halogenated alkanes) is 12. The third-order valence-corrected chi connectivity index (χ3v) is 8.96. The van der Waals surface area contributed by atoms with Gasteiger partial charge in [-0.05, 0) is 23.1 Å². The lowest BCUT2D eigenvalue weighted by Crippen LogP contribution is -2.59. The summed E-state index contributed by atoms with van der Waals surface area (Å²) in [4.78, 5) is 2.76. The summed E-state index contributed by atoms with van der Waals surface area (Å²) in [5.74, 6) is 0. The maximum absolute atomic E-state index is 3.88. The molecule has 0 spiro atoms. The van der Waals surface area contributed by atoms with Gasteiger partial charge in [0.2, 0.25) is 0 Å². The molecule has 3 aromatic rings. The molecule has 2 nitrogen and oxygen atoms in total. The number of rotatable bonds is 18. The Labute approximate surface area is 245 Å². The molecule has 4 rings (SSSR count). The van der Waals surface area contributed by atoms with Gasteiger partial charge in [0.1, 0.15) is 0 Å². The van der Waals surface area contributed by atoms with Crippen LogP contribution in [0, 0.1) is 0 Å². The molecule has 40 heavy (non-hydrogen) atoms. The number of hydrogen-bond donors (Lipinski definition) is 1. The zero-order chi connectivity index (χ0) is 27.7. The lowest BCUT2D eigenvalue weighted by molar-refractivity contribution is 0.107. The van der Waals surface area contributed by atoms with E-state index in [2.05, 4.69) is 108 Å². The average molecular weight is 539 g/mol. The molecule has 0 radical (unpaired) electrons. The van der Waals surface area contributed by atoms with E-state index in [9.17, 15) is 0 Å². The second-order valence-electron chi connectivity index (χ2n) is 11.9. The predicted octanol–water partition coefficient (Wildman–Crippen LogP) is 9.73. The van der Waals surface area contributed by atoms with Gasteiger partial charge in [0, 0.05) is 25.7 Å². The van der Waals surface area contributed by atoms with Crippen molar-refractivity contribution in [3.8, 4) is 0 Å². The molecule has 1 aliphatic rings. The maximum Gasteiger partial charge on any atom is 0.0973 e. The van der Waals surface area contributed by atoms with Crippen LogP contribution in [0.2, 0.25) is 0 Å². The summed E-state index contributed by atoms with van der Waals surface area (Å²) in [5.41, 5.74) is 3.78. The summed E-state index contributed by atoms with van der Waals surface area (Å²) in [6.07, 6.45) is 19.7. The molecule has 3 aromatic carbocycles. The molecule has 2 heteroatoms. The predicted molar refractivity (Wildman–Crippen MR) is 173 cm³/mol. The van der Waals surface area contributed by atoms with Crippen molar-refractivity contribution in [3.05, 3.63) is 108 Å². The molecular weight excluding hydrogens is 484 g/mol. The van der Waals surface area contributed by atoms with Gasteiger partial charge in [0.15, 0.2) is 0 Å². The van der Waals surface area contributed by atoms with E-state index in [4.69, 9.17) is 0 Å². The quantitative estimate of drug-likeness (QED) is 0.128. The van der Waals surface area contributed by atoms with E-state index in [-0.39, 0.29) is 5.54 Å². The van der Waals surface area contributed by atoms with Gasteiger partial charge in [-0.15, -0.1) is 0 Å². The van der Waals surface area contributed by atoms with Crippen molar-refractivity contribution < 1.29 is 0 Å². The Kier molecular flexibility index (Phi) is 13.3. The number of piperazine rings is 1. The third-order valence-electron chi connectivity index (χ3n) is 8.96. The van der Waals surface area contributed by atoms with E-state index in [1.165, 1.54) is 107 Å². The molecule has 0 bridgehead atoms. The second-order valence-corrected chi connectivity index (χ2v) is 11.9. The highest BCUT2D eigenvalue weighted by atomic mass is 15.3. The van der Waals surface area contributed by atoms with Crippen molar-refractivity contribution in [2.24, 2.45) is 0 Å². The third kappa shape index (κ3) is 8.54. The van der Waals surface area contributed by atoms with Crippen molar-refractivity contribution in [2.45, 2.75) is 108 Å². The van der Waals surface area contributed by atoms with E-state index in [1.807, 2.05) is 0 Å². The van der Waals surface area contributed by atoms with Gasteiger partial charge >= 0.3 is 0 Å². The van der Waals surface area contributed by atoms with E-state index in [0.717, 1.165) is 19.6 Å². The Morgan fingerprint density at radius 3 is 1.40 bits per heavy atom. The van der Waals surface area contributed by atoms with Crippen molar-refractivity contribution in [1.29, 1.82) is 0 Å². The van der Waals surface area contributed by atoms with E-state index >= 15 is 0 Å². The molecule has 216 valence electrons. The monoisotopic (exact) mass is 538 g/mol. The van der Waals surface area contributed by atoms with Crippen LogP contribution in [0.1, 0.15) is 114 Å². The summed E-state index contributed by atoms with van der Waals surface area (Å²) in [6, 6.07) is 34.1. The van der Waals surface area contributed by atoms with Crippen LogP contribution in [0.3, 0.4) is 0 Å². The molecule has 1 unspecified atom stereocenters. The van der Waals surface area contributed by atoms with Crippen LogP contribution in [0.4, 0.5) is 0 Å². The van der Waals surface area contributed by atoms with Crippen molar-refractivity contribution >= 4 is 0 Å². The Bertz CT molecular complexity index is 936. The van der Waals surface area contributed by atoms with Crippen LogP contribution in [0.5, 0.6) is 0 Å². The fourth-order valence-electron chi connectivity index (χ4n) is 6.82. The van der Waals surface area contributed by atoms with E-state index < -0.39 is 0 Å². The summed E-state index contributed by atoms with van der Waals surface area (Å²) in [6.45, 7) is 5.44. The molecule has 0 aliphatic carbocycles. The molecule has 1 fully saturated rings. The van der Waals surface area contributed by atoms with Crippen LogP contribution in [-0.4, -0.2) is 30.6 Å².